The summed E-state index contributed by atoms with van der Waals surface area (Å²) < 4.78 is 20.9. The van der Waals surface area contributed by atoms with E-state index < -0.39 is 18.3 Å². The zero-order valence-corrected chi connectivity index (χ0v) is 12.7. The molecular weight excluding hydrogens is 300 g/mol. The van der Waals surface area contributed by atoms with Crippen LogP contribution in [-0.2, 0) is 18.9 Å². The molecule has 0 bridgehead atoms. The fourth-order valence-electron chi connectivity index (χ4n) is 1.67. The number of aliphatic hydroxyl groups excluding tert-OH is 5. The van der Waals surface area contributed by atoms with E-state index in [1.807, 2.05) is 0 Å². The van der Waals surface area contributed by atoms with E-state index in [0.717, 1.165) is 0 Å². The van der Waals surface area contributed by atoms with E-state index in [4.69, 9.17) is 39.4 Å². The van der Waals surface area contributed by atoms with Crippen LogP contribution in [0.15, 0.2) is 0 Å². The third kappa shape index (κ3) is 10.4. The number of rotatable bonds is 16. The van der Waals surface area contributed by atoms with Crippen LogP contribution in [0.2, 0.25) is 0 Å². The molecule has 0 aromatic carbocycles. The second-order valence-corrected chi connectivity index (χ2v) is 4.35. The van der Waals surface area contributed by atoms with Gasteiger partial charge in [-0.25, -0.2) is 0 Å². The van der Waals surface area contributed by atoms with Crippen molar-refractivity contribution in [1.29, 1.82) is 0 Å². The van der Waals surface area contributed by atoms with Gasteiger partial charge in [0.1, 0.15) is 18.3 Å². The molecule has 0 rings (SSSR count). The normalized spacial score (nSPS) is 15.7. The summed E-state index contributed by atoms with van der Waals surface area (Å²) in [6.45, 7) is -0.549. The summed E-state index contributed by atoms with van der Waals surface area (Å²) in [5.74, 6) is 0. The van der Waals surface area contributed by atoms with E-state index >= 15 is 0 Å². The predicted octanol–water partition coefficient (Wildman–Crippen LogP) is -2.88. The maximum atomic E-state index is 10.3. The SMILES string of the molecule is OCCOCC(OCCO)C(O)C(COCCO)OCCO. The van der Waals surface area contributed by atoms with Crippen LogP contribution in [0.1, 0.15) is 0 Å². The van der Waals surface area contributed by atoms with Gasteiger partial charge in [-0.3, -0.25) is 0 Å². The molecule has 0 aromatic rings. The zero-order valence-electron chi connectivity index (χ0n) is 12.7. The molecule has 0 saturated heterocycles. The minimum atomic E-state index is -1.13. The Morgan fingerprint density at radius 1 is 0.591 bits per heavy atom. The molecule has 0 aliphatic heterocycles. The zero-order chi connectivity index (χ0) is 16.6. The Balaban J connectivity index is 4.53. The van der Waals surface area contributed by atoms with Crippen LogP contribution in [0.4, 0.5) is 0 Å². The third-order valence-electron chi connectivity index (χ3n) is 2.64. The first-order chi connectivity index (χ1) is 10.7. The number of aliphatic hydroxyl groups is 5. The average molecular weight is 328 g/mol. The van der Waals surface area contributed by atoms with Gasteiger partial charge in [-0.05, 0) is 0 Å². The van der Waals surface area contributed by atoms with Crippen molar-refractivity contribution in [3.8, 4) is 0 Å². The van der Waals surface area contributed by atoms with Crippen LogP contribution in [0, 0.1) is 0 Å². The van der Waals surface area contributed by atoms with E-state index in [1.165, 1.54) is 0 Å². The molecular formula is C13H28O9. The highest BCUT2D eigenvalue weighted by Gasteiger charge is 2.29. The lowest BCUT2D eigenvalue weighted by Gasteiger charge is -2.29. The second kappa shape index (κ2) is 15.5. The van der Waals surface area contributed by atoms with E-state index in [2.05, 4.69) is 0 Å². The highest BCUT2D eigenvalue weighted by Crippen LogP contribution is 2.10. The van der Waals surface area contributed by atoms with Crippen molar-refractivity contribution in [2.24, 2.45) is 0 Å². The van der Waals surface area contributed by atoms with Gasteiger partial charge in [0, 0.05) is 0 Å². The number of ether oxygens (including phenoxy) is 4. The van der Waals surface area contributed by atoms with Crippen LogP contribution >= 0.6 is 0 Å². The Hall–Kier alpha value is -0.360. The van der Waals surface area contributed by atoms with E-state index in [-0.39, 0.29) is 66.1 Å². The Morgan fingerprint density at radius 3 is 1.27 bits per heavy atom. The molecule has 0 radical (unpaired) electrons. The maximum Gasteiger partial charge on any atom is 0.111 e. The van der Waals surface area contributed by atoms with Crippen molar-refractivity contribution >= 4 is 0 Å². The van der Waals surface area contributed by atoms with Gasteiger partial charge in [-0.1, -0.05) is 0 Å². The Labute approximate surface area is 130 Å². The first-order valence-corrected chi connectivity index (χ1v) is 7.21. The lowest BCUT2D eigenvalue weighted by atomic mass is 10.1. The summed E-state index contributed by atoms with van der Waals surface area (Å²) >= 11 is 0. The van der Waals surface area contributed by atoms with Gasteiger partial charge in [0.15, 0.2) is 0 Å². The fraction of sp³-hybridized carbons (Fsp3) is 1.00. The summed E-state index contributed by atoms with van der Waals surface area (Å²) in [6.07, 6.45) is -2.71. The molecule has 22 heavy (non-hydrogen) atoms. The molecule has 0 aromatic heterocycles. The van der Waals surface area contributed by atoms with Crippen molar-refractivity contribution in [3.63, 3.8) is 0 Å². The molecule has 0 spiro atoms. The third-order valence-corrected chi connectivity index (χ3v) is 2.64. The highest BCUT2D eigenvalue weighted by molar-refractivity contribution is 4.78. The fourth-order valence-corrected chi connectivity index (χ4v) is 1.67. The summed E-state index contributed by atoms with van der Waals surface area (Å²) in [4.78, 5) is 0. The topological polar surface area (TPSA) is 138 Å². The molecule has 0 saturated carbocycles. The number of hydrogen-bond acceptors (Lipinski definition) is 9. The highest BCUT2D eigenvalue weighted by atomic mass is 16.6. The summed E-state index contributed by atoms with van der Waals surface area (Å²) in [6, 6.07) is 0. The largest absolute Gasteiger partial charge is 0.394 e. The lowest BCUT2D eigenvalue weighted by molar-refractivity contribution is -0.154. The maximum absolute atomic E-state index is 10.3. The van der Waals surface area contributed by atoms with Gasteiger partial charge >= 0.3 is 0 Å². The minimum Gasteiger partial charge on any atom is -0.394 e. The van der Waals surface area contributed by atoms with Gasteiger partial charge in [-0.2, -0.15) is 0 Å². The molecule has 0 amide bonds. The van der Waals surface area contributed by atoms with Gasteiger partial charge in [0.05, 0.1) is 66.1 Å². The average Bonchev–Trinajstić information content (AvgIpc) is 2.53. The first kappa shape index (κ1) is 21.6. The van der Waals surface area contributed by atoms with Gasteiger partial charge in [-0.15, -0.1) is 0 Å². The number of hydrogen-bond donors (Lipinski definition) is 5. The van der Waals surface area contributed by atoms with Crippen molar-refractivity contribution in [1.82, 2.24) is 0 Å². The first-order valence-electron chi connectivity index (χ1n) is 7.21. The van der Waals surface area contributed by atoms with Crippen LogP contribution < -0.4 is 0 Å². The summed E-state index contributed by atoms with van der Waals surface area (Å²) in [7, 11) is 0. The standard InChI is InChI=1S/C13H28O9/c14-1-5-19-9-11(21-7-3-16)13(18)12(22-8-4-17)10-20-6-2-15/h11-18H,1-10H2. The van der Waals surface area contributed by atoms with Crippen LogP contribution in [0.25, 0.3) is 0 Å². The minimum absolute atomic E-state index is 0.000706. The van der Waals surface area contributed by atoms with E-state index in [0.29, 0.717) is 0 Å². The quantitative estimate of drug-likeness (QED) is 0.189. The predicted molar refractivity (Wildman–Crippen MR) is 75.5 cm³/mol. The molecule has 2 atom stereocenters. The van der Waals surface area contributed by atoms with Crippen molar-refractivity contribution < 1.29 is 44.5 Å². The Kier molecular flexibility index (Phi) is 15.3. The molecule has 0 aliphatic rings. The van der Waals surface area contributed by atoms with E-state index in [9.17, 15) is 5.11 Å². The Morgan fingerprint density at radius 2 is 0.955 bits per heavy atom. The van der Waals surface area contributed by atoms with Gasteiger partial charge < -0.3 is 44.5 Å². The van der Waals surface area contributed by atoms with Crippen LogP contribution in [0.3, 0.4) is 0 Å². The van der Waals surface area contributed by atoms with E-state index in [1.54, 1.807) is 0 Å². The Bertz CT molecular complexity index is 208. The molecule has 0 aliphatic carbocycles. The molecule has 5 N–H and O–H groups in total. The smallest absolute Gasteiger partial charge is 0.111 e. The summed E-state index contributed by atoms with van der Waals surface area (Å²) in [5, 5.41) is 45.4. The molecule has 0 fully saturated rings. The molecule has 9 nitrogen and oxygen atoms in total. The molecule has 0 heterocycles. The lowest BCUT2D eigenvalue weighted by Crippen LogP contribution is -2.46. The van der Waals surface area contributed by atoms with Crippen molar-refractivity contribution in [3.05, 3.63) is 0 Å². The monoisotopic (exact) mass is 328 g/mol. The van der Waals surface area contributed by atoms with Crippen molar-refractivity contribution in [2.45, 2.75) is 18.3 Å². The molecule has 134 valence electrons. The van der Waals surface area contributed by atoms with Crippen LogP contribution in [0.5, 0.6) is 0 Å². The van der Waals surface area contributed by atoms with Gasteiger partial charge in [0.25, 0.3) is 0 Å². The van der Waals surface area contributed by atoms with Crippen LogP contribution in [-0.4, -0.2) is 110 Å². The molecule has 9 heteroatoms. The van der Waals surface area contributed by atoms with Gasteiger partial charge in [0.2, 0.25) is 0 Å². The molecule has 2 unspecified atom stereocenters. The van der Waals surface area contributed by atoms with Crippen molar-refractivity contribution in [2.75, 3.05) is 66.1 Å². The summed E-state index contributed by atoms with van der Waals surface area (Å²) in [5.41, 5.74) is 0. The second-order valence-electron chi connectivity index (χ2n) is 4.35.